The molecule has 0 aliphatic heterocycles. The van der Waals surface area contributed by atoms with Crippen molar-refractivity contribution in [3.63, 3.8) is 0 Å². The molecule has 48 heavy (non-hydrogen) atoms. The van der Waals surface area contributed by atoms with Crippen molar-refractivity contribution in [2.24, 2.45) is 5.73 Å². The number of imidazole rings is 1. The highest BCUT2D eigenvalue weighted by molar-refractivity contribution is 6.13. The minimum Gasteiger partial charge on any atom is -0.495 e. The van der Waals surface area contributed by atoms with Crippen molar-refractivity contribution in [2.75, 3.05) is 38.1 Å². The number of anilines is 2. The first-order chi connectivity index (χ1) is 23.0. The van der Waals surface area contributed by atoms with E-state index in [1.807, 2.05) is 13.0 Å². The van der Waals surface area contributed by atoms with E-state index in [9.17, 15) is 19.2 Å². The van der Waals surface area contributed by atoms with E-state index in [1.54, 1.807) is 55.5 Å². The van der Waals surface area contributed by atoms with Crippen LogP contribution in [0.25, 0.3) is 11.0 Å². The number of hydrogen-bond donors (Lipinski definition) is 5. The minimum absolute atomic E-state index is 0.0496. The molecule has 0 aliphatic carbocycles. The summed E-state index contributed by atoms with van der Waals surface area (Å²) in [7, 11) is 4.94. The molecule has 0 bridgehead atoms. The lowest BCUT2D eigenvalue weighted by Gasteiger charge is -2.25. The second kappa shape index (κ2) is 16.4. The van der Waals surface area contributed by atoms with Crippen molar-refractivity contribution in [1.82, 2.24) is 25.8 Å². The number of aromatic nitrogens is 2. The number of nitrogens with zero attached hydrogens (tertiary/aromatic N) is 3. The predicted octanol–water partition coefficient (Wildman–Crippen LogP) is 3.82. The van der Waals surface area contributed by atoms with Crippen LogP contribution in [0.5, 0.6) is 11.5 Å². The van der Waals surface area contributed by atoms with Gasteiger partial charge in [-0.3, -0.25) is 30.0 Å². The zero-order chi connectivity index (χ0) is 34.8. The maximum Gasteiger partial charge on any atom is 0.277 e. The lowest BCUT2D eigenvalue weighted by molar-refractivity contribution is -0.125. The van der Waals surface area contributed by atoms with Gasteiger partial charge in [-0.1, -0.05) is 12.1 Å². The van der Waals surface area contributed by atoms with Crippen LogP contribution in [0.3, 0.4) is 0 Å². The SMILES string of the molecule is COc1cc(C(=O)N(NC(C)=O)c2ccc(C)cc2OCCCCCC(=O)NN(C)C)ccc1NC(=O)c1cccc2[nH]c(CN)nc12. The highest BCUT2D eigenvalue weighted by atomic mass is 16.5. The molecule has 254 valence electrons. The van der Waals surface area contributed by atoms with Crippen LogP contribution in [-0.4, -0.2) is 66.4 Å². The Balaban J connectivity index is 1.51. The third-order valence-electron chi connectivity index (χ3n) is 7.18. The topological polar surface area (TPSA) is 184 Å². The van der Waals surface area contributed by atoms with E-state index in [4.69, 9.17) is 15.2 Å². The normalized spacial score (nSPS) is 10.9. The van der Waals surface area contributed by atoms with Crippen LogP contribution in [0.4, 0.5) is 11.4 Å². The first-order valence-electron chi connectivity index (χ1n) is 15.5. The number of fused-ring (bicyclic) bond motifs is 1. The van der Waals surface area contributed by atoms with Crippen LogP contribution >= 0.6 is 0 Å². The summed E-state index contributed by atoms with van der Waals surface area (Å²) in [6.45, 7) is 3.74. The summed E-state index contributed by atoms with van der Waals surface area (Å²) >= 11 is 0. The molecule has 1 heterocycles. The van der Waals surface area contributed by atoms with Gasteiger partial charge < -0.3 is 25.5 Å². The Labute approximate surface area is 278 Å². The lowest BCUT2D eigenvalue weighted by Crippen LogP contribution is -2.45. The summed E-state index contributed by atoms with van der Waals surface area (Å²) in [5.41, 5.74) is 14.3. The molecule has 4 aromatic rings. The van der Waals surface area contributed by atoms with E-state index in [2.05, 4.69) is 26.1 Å². The molecule has 14 heteroatoms. The number of methoxy groups -OCH3 is 1. The number of benzene rings is 3. The van der Waals surface area contributed by atoms with Crippen LogP contribution < -0.4 is 36.4 Å². The van der Waals surface area contributed by atoms with Gasteiger partial charge in [0, 0.05) is 33.0 Å². The van der Waals surface area contributed by atoms with Gasteiger partial charge in [-0.2, -0.15) is 0 Å². The van der Waals surface area contributed by atoms with Gasteiger partial charge in [-0.05, 0) is 74.2 Å². The third-order valence-corrected chi connectivity index (χ3v) is 7.18. The number of carbonyl (C=O) groups excluding carboxylic acids is 4. The fourth-order valence-corrected chi connectivity index (χ4v) is 4.96. The molecule has 0 spiro atoms. The molecule has 0 saturated heterocycles. The number of ether oxygens (including phenoxy) is 2. The molecule has 0 fully saturated rings. The van der Waals surface area contributed by atoms with Gasteiger partial charge in [0.15, 0.2) is 0 Å². The Kier molecular flexibility index (Phi) is 12.1. The monoisotopic (exact) mass is 658 g/mol. The molecule has 14 nitrogen and oxygen atoms in total. The highest BCUT2D eigenvalue weighted by Crippen LogP contribution is 2.32. The van der Waals surface area contributed by atoms with Gasteiger partial charge in [0.2, 0.25) is 11.8 Å². The number of H-pyrrole nitrogens is 1. The molecule has 0 aliphatic rings. The van der Waals surface area contributed by atoms with Crippen molar-refractivity contribution >= 4 is 46.0 Å². The standard InChI is InChI=1S/C34H42N8O6/c1-21-13-16-27(29(18-21)48-17-8-6-7-12-31(44)40-41(3)4)42(39-22(2)43)34(46)23-14-15-25(28(19-23)47-5)37-33(45)24-10-9-11-26-32(24)38-30(20-35)36-26/h9-11,13-16,18-19H,6-8,12,17,20,35H2,1-5H3,(H,36,38)(H,37,45)(H,39,43)(H,40,44). The van der Waals surface area contributed by atoms with Gasteiger partial charge in [0.1, 0.15) is 28.5 Å². The summed E-state index contributed by atoms with van der Waals surface area (Å²) in [6, 6.07) is 15.1. The average molecular weight is 659 g/mol. The largest absolute Gasteiger partial charge is 0.495 e. The van der Waals surface area contributed by atoms with E-state index in [1.165, 1.54) is 26.2 Å². The molecule has 4 rings (SSSR count). The molecular weight excluding hydrogens is 616 g/mol. The molecule has 6 N–H and O–H groups in total. The fraction of sp³-hybridized carbons (Fsp3) is 0.324. The fourth-order valence-electron chi connectivity index (χ4n) is 4.96. The zero-order valence-electron chi connectivity index (χ0n) is 27.8. The second-order valence-corrected chi connectivity index (χ2v) is 11.3. The summed E-state index contributed by atoms with van der Waals surface area (Å²) in [5.74, 6) is -0.308. The van der Waals surface area contributed by atoms with Crippen LogP contribution in [0.15, 0.2) is 54.6 Å². The number of rotatable bonds is 14. The average Bonchev–Trinajstić information content (AvgIpc) is 3.49. The molecule has 0 atom stereocenters. The molecular formula is C34H42N8O6. The van der Waals surface area contributed by atoms with Crippen molar-refractivity contribution in [1.29, 1.82) is 0 Å². The van der Waals surface area contributed by atoms with E-state index < -0.39 is 17.7 Å². The van der Waals surface area contributed by atoms with Crippen molar-refractivity contribution in [3.8, 4) is 11.5 Å². The quantitative estimate of drug-likeness (QED) is 0.0993. The highest BCUT2D eigenvalue weighted by Gasteiger charge is 2.24. The zero-order valence-corrected chi connectivity index (χ0v) is 27.8. The smallest absolute Gasteiger partial charge is 0.277 e. The number of nitrogens with two attached hydrogens (primary N) is 1. The molecule has 0 radical (unpaired) electrons. The molecule has 0 saturated carbocycles. The van der Waals surface area contributed by atoms with Gasteiger partial charge >= 0.3 is 0 Å². The third kappa shape index (κ3) is 9.08. The Hall–Kier alpha value is -5.47. The summed E-state index contributed by atoms with van der Waals surface area (Å²) in [5, 5.41) is 5.57. The van der Waals surface area contributed by atoms with Gasteiger partial charge in [0.05, 0.1) is 37.0 Å². The summed E-state index contributed by atoms with van der Waals surface area (Å²) < 4.78 is 11.6. The number of hydrogen-bond acceptors (Lipinski definition) is 9. The Bertz CT molecular complexity index is 1790. The number of amides is 4. The second-order valence-electron chi connectivity index (χ2n) is 11.3. The number of carbonyl (C=O) groups is 4. The first kappa shape index (κ1) is 35.4. The Morgan fingerprint density at radius 3 is 2.46 bits per heavy atom. The molecule has 0 unspecified atom stereocenters. The number of nitrogens with one attached hydrogen (secondary N) is 4. The number of hydrazine groups is 2. The van der Waals surface area contributed by atoms with Crippen molar-refractivity contribution < 1.29 is 28.7 Å². The number of aromatic amines is 1. The number of para-hydroxylation sites is 1. The predicted molar refractivity (Wildman–Crippen MR) is 183 cm³/mol. The summed E-state index contributed by atoms with van der Waals surface area (Å²) in [4.78, 5) is 58.9. The number of unbranched alkanes of at least 4 members (excludes halogenated alkanes) is 2. The number of aryl methyl sites for hydroxylation is 1. The maximum atomic E-state index is 13.9. The molecule has 1 aromatic heterocycles. The summed E-state index contributed by atoms with van der Waals surface area (Å²) in [6.07, 6.45) is 2.56. The van der Waals surface area contributed by atoms with Crippen molar-refractivity contribution in [3.05, 3.63) is 77.1 Å². The van der Waals surface area contributed by atoms with E-state index in [-0.39, 0.29) is 23.8 Å². The van der Waals surface area contributed by atoms with Crippen molar-refractivity contribution in [2.45, 2.75) is 46.1 Å². The van der Waals surface area contributed by atoms with E-state index in [0.29, 0.717) is 65.4 Å². The molecule has 3 aromatic carbocycles. The maximum absolute atomic E-state index is 13.9. The minimum atomic E-state index is -0.558. The van der Waals surface area contributed by atoms with Crippen LogP contribution in [0, 0.1) is 6.92 Å². The van der Waals surface area contributed by atoms with E-state index >= 15 is 0 Å². The van der Waals surface area contributed by atoms with Crippen LogP contribution in [0.1, 0.15) is 64.7 Å². The van der Waals surface area contributed by atoms with Gasteiger partial charge in [-0.25, -0.2) is 15.0 Å². The Morgan fingerprint density at radius 2 is 1.75 bits per heavy atom. The lowest BCUT2D eigenvalue weighted by atomic mass is 10.1. The van der Waals surface area contributed by atoms with Crippen LogP contribution in [0.2, 0.25) is 0 Å². The Morgan fingerprint density at radius 1 is 0.958 bits per heavy atom. The first-order valence-corrected chi connectivity index (χ1v) is 15.5. The van der Waals surface area contributed by atoms with Crippen LogP contribution in [-0.2, 0) is 16.1 Å². The van der Waals surface area contributed by atoms with Gasteiger partial charge in [-0.15, -0.1) is 0 Å². The van der Waals surface area contributed by atoms with Gasteiger partial charge in [0.25, 0.3) is 11.8 Å². The molecule has 4 amide bonds. The van der Waals surface area contributed by atoms with E-state index in [0.717, 1.165) is 17.0 Å².